The summed E-state index contributed by atoms with van der Waals surface area (Å²) in [6.45, 7) is 8.04. The number of Topliss-reactive ketones (excluding diaryl/α,β-unsaturated/α-hetero) is 1. The molecule has 2 heterocycles. The van der Waals surface area contributed by atoms with Gasteiger partial charge in [0.15, 0.2) is 5.78 Å². The molecule has 0 saturated heterocycles. The minimum atomic E-state index is 0.239. The Morgan fingerprint density at radius 2 is 1.86 bits per heavy atom. The third-order valence-corrected chi connectivity index (χ3v) is 7.51. The molecule has 3 aromatic rings. The summed E-state index contributed by atoms with van der Waals surface area (Å²) in [5.41, 5.74) is 5.18. The third-order valence-electron chi connectivity index (χ3n) is 5.20. The second-order valence-electron chi connectivity index (χ2n) is 7.19. The Morgan fingerprint density at radius 1 is 1.14 bits per heavy atom. The number of carbonyl (C=O) groups is 1. The van der Waals surface area contributed by atoms with Crippen LogP contribution in [0.1, 0.15) is 31.6 Å². The molecular formula is C23H20ClNOS2. The van der Waals surface area contributed by atoms with Gasteiger partial charge in [0.25, 0.3) is 0 Å². The second-order valence-corrected chi connectivity index (χ2v) is 9.57. The first-order valence-electron chi connectivity index (χ1n) is 9.12. The number of hydrogen-bond acceptors (Lipinski definition) is 4. The third kappa shape index (κ3) is 3.77. The molecule has 1 aliphatic rings. The van der Waals surface area contributed by atoms with Gasteiger partial charge in [0, 0.05) is 27.3 Å². The Kier molecular flexibility index (Phi) is 5.37. The SMILES string of the molecule is C=C(C)C1CC(=O)C(C)=C(c2ccc(-c3csc(-c4ccc(Cl)cc4)n3)s2)C1. The van der Waals surface area contributed by atoms with E-state index in [0.29, 0.717) is 6.42 Å². The van der Waals surface area contributed by atoms with Crippen molar-refractivity contribution >= 4 is 45.6 Å². The number of aromatic nitrogens is 1. The minimum absolute atomic E-state index is 0.239. The average Bonchev–Trinajstić information content (AvgIpc) is 3.33. The van der Waals surface area contributed by atoms with E-state index in [2.05, 4.69) is 24.1 Å². The fourth-order valence-electron chi connectivity index (χ4n) is 3.40. The molecule has 0 bridgehead atoms. The fraction of sp³-hybridized carbons (Fsp3) is 0.217. The standard InChI is InChI=1S/C23H20ClNOS2/c1-13(2)16-10-18(14(3)20(26)11-16)21-8-9-22(28-21)19-12-27-23(25-19)15-4-6-17(24)7-5-15/h4-9,12,16H,1,10-11H2,2-3H3. The summed E-state index contributed by atoms with van der Waals surface area (Å²) in [6, 6.07) is 12.0. The number of allylic oxidation sites excluding steroid dienone is 3. The van der Waals surface area contributed by atoms with Gasteiger partial charge < -0.3 is 0 Å². The molecular weight excluding hydrogens is 406 g/mol. The van der Waals surface area contributed by atoms with Gasteiger partial charge >= 0.3 is 0 Å². The van der Waals surface area contributed by atoms with Crippen molar-refractivity contribution < 1.29 is 4.79 Å². The lowest BCUT2D eigenvalue weighted by atomic mass is 9.80. The Bertz CT molecular complexity index is 1090. The highest BCUT2D eigenvalue weighted by atomic mass is 35.5. The molecule has 2 aromatic heterocycles. The highest BCUT2D eigenvalue weighted by Gasteiger charge is 2.27. The molecule has 0 fully saturated rings. The van der Waals surface area contributed by atoms with E-state index in [1.54, 1.807) is 22.7 Å². The van der Waals surface area contributed by atoms with Gasteiger partial charge in [-0.2, -0.15) is 0 Å². The number of hydrogen-bond donors (Lipinski definition) is 0. The Hall–Kier alpha value is -2.01. The number of thiazole rings is 1. The van der Waals surface area contributed by atoms with E-state index >= 15 is 0 Å². The van der Waals surface area contributed by atoms with Gasteiger partial charge in [0.1, 0.15) is 5.01 Å². The first-order chi connectivity index (χ1) is 13.4. The van der Waals surface area contributed by atoms with Gasteiger partial charge in [-0.3, -0.25) is 4.79 Å². The molecule has 142 valence electrons. The number of carbonyl (C=O) groups excluding carboxylic acids is 1. The Balaban J connectivity index is 1.63. The molecule has 1 unspecified atom stereocenters. The van der Waals surface area contributed by atoms with Gasteiger partial charge in [-0.15, -0.1) is 22.7 Å². The lowest BCUT2D eigenvalue weighted by molar-refractivity contribution is -0.116. The first-order valence-corrected chi connectivity index (χ1v) is 11.2. The maximum atomic E-state index is 12.4. The van der Waals surface area contributed by atoms with Gasteiger partial charge in [0.2, 0.25) is 0 Å². The van der Waals surface area contributed by atoms with Crippen molar-refractivity contribution in [2.75, 3.05) is 0 Å². The monoisotopic (exact) mass is 425 g/mol. The van der Waals surface area contributed by atoms with Crippen LogP contribution in [-0.2, 0) is 4.79 Å². The molecule has 1 aliphatic carbocycles. The van der Waals surface area contributed by atoms with Crippen LogP contribution >= 0.6 is 34.3 Å². The summed E-state index contributed by atoms with van der Waals surface area (Å²) in [5.74, 6) is 0.482. The summed E-state index contributed by atoms with van der Waals surface area (Å²) in [7, 11) is 0. The summed E-state index contributed by atoms with van der Waals surface area (Å²) in [6.07, 6.45) is 1.47. The summed E-state index contributed by atoms with van der Waals surface area (Å²) >= 11 is 9.31. The first kappa shape index (κ1) is 19.3. The molecule has 4 rings (SSSR count). The van der Waals surface area contributed by atoms with Gasteiger partial charge in [-0.25, -0.2) is 4.98 Å². The summed E-state index contributed by atoms with van der Waals surface area (Å²) in [4.78, 5) is 19.5. The molecule has 1 atom stereocenters. The molecule has 0 spiro atoms. The maximum absolute atomic E-state index is 12.4. The normalized spacial score (nSPS) is 17.2. The van der Waals surface area contributed by atoms with Crippen LogP contribution in [0.4, 0.5) is 0 Å². The van der Waals surface area contributed by atoms with Crippen molar-refractivity contribution in [1.29, 1.82) is 0 Å². The lowest BCUT2D eigenvalue weighted by Crippen LogP contribution is -2.17. The summed E-state index contributed by atoms with van der Waals surface area (Å²) < 4.78 is 0. The van der Waals surface area contributed by atoms with E-state index in [1.165, 1.54) is 0 Å². The van der Waals surface area contributed by atoms with Crippen LogP contribution in [0.25, 0.3) is 26.7 Å². The highest BCUT2D eigenvalue weighted by molar-refractivity contribution is 7.17. The quantitative estimate of drug-likeness (QED) is 0.404. The largest absolute Gasteiger partial charge is 0.295 e. The zero-order valence-electron chi connectivity index (χ0n) is 15.8. The smallest absolute Gasteiger partial charge is 0.159 e. The van der Waals surface area contributed by atoms with Crippen molar-refractivity contribution in [3.8, 4) is 21.1 Å². The van der Waals surface area contributed by atoms with Gasteiger partial charge in [-0.1, -0.05) is 35.9 Å². The Labute approximate surface area is 178 Å². The van der Waals surface area contributed by atoms with Crippen molar-refractivity contribution in [3.63, 3.8) is 0 Å². The number of rotatable bonds is 4. The minimum Gasteiger partial charge on any atom is -0.295 e. The predicted octanol–water partition coefficient (Wildman–Crippen LogP) is 7.52. The number of ketones is 1. The van der Waals surface area contributed by atoms with Gasteiger partial charge in [0.05, 0.1) is 10.6 Å². The molecule has 0 radical (unpaired) electrons. The molecule has 5 heteroatoms. The van der Waals surface area contributed by atoms with Crippen LogP contribution in [0, 0.1) is 5.92 Å². The van der Waals surface area contributed by atoms with E-state index in [0.717, 1.165) is 54.2 Å². The van der Waals surface area contributed by atoms with Gasteiger partial charge in [-0.05, 0) is 61.6 Å². The zero-order chi connectivity index (χ0) is 19.8. The fourth-order valence-corrected chi connectivity index (χ4v) is 5.50. The number of halogens is 1. The van der Waals surface area contributed by atoms with E-state index in [4.69, 9.17) is 16.6 Å². The van der Waals surface area contributed by atoms with Crippen LogP contribution in [0.15, 0.2) is 59.5 Å². The highest BCUT2D eigenvalue weighted by Crippen LogP contribution is 2.41. The summed E-state index contributed by atoms with van der Waals surface area (Å²) in [5, 5.41) is 3.79. The number of thiophene rings is 1. The van der Waals surface area contributed by atoms with E-state index in [-0.39, 0.29) is 11.7 Å². The van der Waals surface area contributed by atoms with E-state index in [1.807, 2.05) is 38.1 Å². The van der Waals surface area contributed by atoms with Crippen molar-refractivity contribution in [2.45, 2.75) is 26.7 Å². The van der Waals surface area contributed by atoms with E-state index in [9.17, 15) is 4.79 Å². The topological polar surface area (TPSA) is 30.0 Å². The number of nitrogens with zero attached hydrogens (tertiary/aromatic N) is 1. The van der Waals surface area contributed by atoms with Crippen molar-refractivity contribution in [3.05, 3.63) is 69.4 Å². The molecule has 28 heavy (non-hydrogen) atoms. The van der Waals surface area contributed by atoms with Crippen molar-refractivity contribution in [2.24, 2.45) is 5.92 Å². The van der Waals surface area contributed by atoms with Crippen LogP contribution in [0.2, 0.25) is 5.02 Å². The molecule has 2 nitrogen and oxygen atoms in total. The van der Waals surface area contributed by atoms with Crippen molar-refractivity contribution in [1.82, 2.24) is 4.98 Å². The molecule has 0 saturated carbocycles. The van der Waals surface area contributed by atoms with E-state index < -0.39 is 0 Å². The van der Waals surface area contributed by atoms with Crippen LogP contribution < -0.4 is 0 Å². The van der Waals surface area contributed by atoms with Crippen LogP contribution in [0.3, 0.4) is 0 Å². The van der Waals surface area contributed by atoms with Crippen LogP contribution in [-0.4, -0.2) is 10.8 Å². The average molecular weight is 426 g/mol. The molecule has 1 aromatic carbocycles. The Morgan fingerprint density at radius 3 is 2.57 bits per heavy atom. The zero-order valence-corrected chi connectivity index (χ0v) is 18.2. The molecule has 0 amide bonds. The number of benzene rings is 1. The lowest BCUT2D eigenvalue weighted by Gasteiger charge is -2.24. The maximum Gasteiger partial charge on any atom is 0.159 e. The second kappa shape index (κ2) is 7.78. The predicted molar refractivity (Wildman–Crippen MR) is 121 cm³/mol. The van der Waals surface area contributed by atoms with Crippen LogP contribution in [0.5, 0.6) is 0 Å². The molecule has 0 aliphatic heterocycles. The molecule has 0 N–H and O–H groups in total.